The van der Waals surface area contributed by atoms with Crippen LogP contribution in [0.4, 0.5) is 4.39 Å². The average molecular weight is 238 g/mol. The fourth-order valence-electron chi connectivity index (χ4n) is 2.39. The molecule has 17 heavy (non-hydrogen) atoms. The van der Waals surface area contributed by atoms with Gasteiger partial charge in [0, 0.05) is 5.92 Å². The smallest absolute Gasteiger partial charge is 0.126 e. The molecule has 1 aromatic rings. The van der Waals surface area contributed by atoms with Gasteiger partial charge >= 0.3 is 0 Å². The van der Waals surface area contributed by atoms with Crippen LogP contribution < -0.4 is 11.3 Å². The van der Waals surface area contributed by atoms with E-state index in [0.29, 0.717) is 18.1 Å². The summed E-state index contributed by atoms with van der Waals surface area (Å²) in [7, 11) is 0. The highest BCUT2D eigenvalue weighted by Crippen LogP contribution is 2.31. The van der Waals surface area contributed by atoms with E-state index in [0.717, 1.165) is 12.0 Å². The van der Waals surface area contributed by atoms with E-state index in [-0.39, 0.29) is 18.0 Å². The highest BCUT2D eigenvalue weighted by Gasteiger charge is 2.30. The molecule has 0 saturated carbocycles. The number of nitrogens with two attached hydrogens (primary N) is 1. The summed E-state index contributed by atoms with van der Waals surface area (Å²) in [5, 5.41) is 0. The van der Waals surface area contributed by atoms with E-state index < -0.39 is 0 Å². The number of aryl methyl sites for hydroxylation is 1. The molecule has 3 nitrogen and oxygen atoms in total. The van der Waals surface area contributed by atoms with Gasteiger partial charge in [0.1, 0.15) is 5.82 Å². The van der Waals surface area contributed by atoms with Crippen molar-refractivity contribution >= 4 is 0 Å². The van der Waals surface area contributed by atoms with Gasteiger partial charge in [0.25, 0.3) is 0 Å². The molecular weight excluding hydrogens is 219 g/mol. The average Bonchev–Trinajstić information content (AvgIpc) is 2.71. The summed E-state index contributed by atoms with van der Waals surface area (Å²) >= 11 is 0. The summed E-state index contributed by atoms with van der Waals surface area (Å²) < 4.78 is 19.1. The molecule has 3 N–H and O–H groups in total. The first-order valence-corrected chi connectivity index (χ1v) is 5.95. The summed E-state index contributed by atoms with van der Waals surface area (Å²) in [5.41, 5.74) is 4.32. The van der Waals surface area contributed by atoms with Crippen LogP contribution in [-0.4, -0.2) is 12.7 Å². The third-order valence-electron chi connectivity index (χ3n) is 3.44. The number of benzene rings is 1. The van der Waals surface area contributed by atoms with Crippen molar-refractivity contribution in [1.29, 1.82) is 0 Å². The van der Waals surface area contributed by atoms with Crippen LogP contribution in [0.3, 0.4) is 0 Å². The molecule has 1 saturated heterocycles. The molecule has 2 rings (SSSR count). The molecule has 3 atom stereocenters. The Morgan fingerprint density at radius 1 is 1.53 bits per heavy atom. The van der Waals surface area contributed by atoms with Gasteiger partial charge < -0.3 is 4.74 Å². The van der Waals surface area contributed by atoms with Crippen molar-refractivity contribution in [3.63, 3.8) is 0 Å². The zero-order valence-corrected chi connectivity index (χ0v) is 10.2. The maximum absolute atomic E-state index is 13.5. The molecule has 1 aromatic carbocycles. The van der Waals surface area contributed by atoms with Gasteiger partial charge in [0.2, 0.25) is 0 Å². The Hall–Kier alpha value is -0.970. The maximum atomic E-state index is 13.5. The van der Waals surface area contributed by atoms with Crippen LogP contribution in [0.15, 0.2) is 18.2 Å². The quantitative estimate of drug-likeness (QED) is 0.626. The summed E-state index contributed by atoms with van der Waals surface area (Å²) in [5.74, 6) is 5.71. The number of hydrogen-bond donors (Lipinski definition) is 2. The minimum absolute atomic E-state index is 0.0463. The van der Waals surface area contributed by atoms with E-state index in [4.69, 9.17) is 10.6 Å². The lowest BCUT2D eigenvalue weighted by Gasteiger charge is -2.22. The molecule has 4 heteroatoms. The Kier molecular flexibility index (Phi) is 3.76. The minimum Gasteiger partial charge on any atom is -0.378 e. The SMILES string of the molecule is Cc1ccc(C(NN)C2COC(C)C2)cc1F. The molecule has 3 unspecified atom stereocenters. The standard InChI is InChI=1S/C13H19FN2O/c1-8-3-4-10(6-12(8)14)13(16-15)11-5-9(2)17-7-11/h3-4,6,9,11,13,16H,5,7,15H2,1-2H3. The highest BCUT2D eigenvalue weighted by molar-refractivity contribution is 5.26. The number of nitrogens with one attached hydrogen (secondary N) is 1. The van der Waals surface area contributed by atoms with E-state index in [2.05, 4.69) is 5.43 Å². The summed E-state index contributed by atoms with van der Waals surface area (Å²) in [4.78, 5) is 0. The lowest BCUT2D eigenvalue weighted by Crippen LogP contribution is -2.34. The van der Waals surface area contributed by atoms with Crippen molar-refractivity contribution < 1.29 is 9.13 Å². The predicted octanol–water partition coefficient (Wildman–Crippen LogP) is 2.06. The molecule has 0 bridgehead atoms. The van der Waals surface area contributed by atoms with Crippen molar-refractivity contribution in [3.05, 3.63) is 35.1 Å². The topological polar surface area (TPSA) is 47.3 Å². The number of hydrogen-bond acceptors (Lipinski definition) is 3. The second-order valence-electron chi connectivity index (χ2n) is 4.79. The largest absolute Gasteiger partial charge is 0.378 e. The molecule has 0 amide bonds. The van der Waals surface area contributed by atoms with Gasteiger partial charge in [-0.2, -0.15) is 0 Å². The van der Waals surface area contributed by atoms with Gasteiger partial charge in [0.15, 0.2) is 0 Å². The van der Waals surface area contributed by atoms with Crippen molar-refractivity contribution in [3.8, 4) is 0 Å². The molecule has 0 spiro atoms. The van der Waals surface area contributed by atoms with E-state index in [1.807, 2.05) is 13.0 Å². The Bertz CT molecular complexity index is 397. The molecule has 94 valence electrons. The van der Waals surface area contributed by atoms with Gasteiger partial charge in [-0.15, -0.1) is 0 Å². The van der Waals surface area contributed by atoms with Gasteiger partial charge in [-0.3, -0.25) is 11.3 Å². The Balaban J connectivity index is 2.20. The number of ether oxygens (including phenoxy) is 1. The summed E-state index contributed by atoms with van der Waals surface area (Å²) in [6, 6.07) is 5.22. The lowest BCUT2D eigenvalue weighted by atomic mass is 9.91. The molecule has 1 heterocycles. The fourth-order valence-corrected chi connectivity index (χ4v) is 2.39. The monoisotopic (exact) mass is 238 g/mol. The van der Waals surface area contributed by atoms with Gasteiger partial charge in [0.05, 0.1) is 18.8 Å². The van der Waals surface area contributed by atoms with Gasteiger partial charge in [-0.05, 0) is 37.5 Å². The van der Waals surface area contributed by atoms with Crippen molar-refractivity contribution in [1.82, 2.24) is 5.43 Å². The molecule has 1 aliphatic heterocycles. The van der Waals surface area contributed by atoms with E-state index >= 15 is 0 Å². The molecule has 0 aromatic heterocycles. The molecule has 1 aliphatic rings. The lowest BCUT2D eigenvalue weighted by molar-refractivity contribution is 0.117. The third-order valence-corrected chi connectivity index (χ3v) is 3.44. The molecular formula is C13H19FN2O. The van der Waals surface area contributed by atoms with E-state index in [1.165, 1.54) is 0 Å². The van der Waals surface area contributed by atoms with Crippen LogP contribution in [0.2, 0.25) is 0 Å². The van der Waals surface area contributed by atoms with Gasteiger partial charge in [-0.1, -0.05) is 12.1 Å². The zero-order valence-electron chi connectivity index (χ0n) is 10.2. The Morgan fingerprint density at radius 2 is 2.29 bits per heavy atom. The Labute approximate surface area is 101 Å². The fraction of sp³-hybridized carbons (Fsp3) is 0.538. The molecule has 1 fully saturated rings. The van der Waals surface area contributed by atoms with Crippen LogP contribution in [-0.2, 0) is 4.74 Å². The van der Waals surface area contributed by atoms with Crippen molar-refractivity contribution in [2.75, 3.05) is 6.61 Å². The Morgan fingerprint density at radius 3 is 2.82 bits per heavy atom. The van der Waals surface area contributed by atoms with E-state index in [9.17, 15) is 4.39 Å². The predicted molar refractivity (Wildman–Crippen MR) is 64.7 cm³/mol. The summed E-state index contributed by atoms with van der Waals surface area (Å²) in [6.07, 6.45) is 1.20. The van der Waals surface area contributed by atoms with Gasteiger partial charge in [-0.25, -0.2) is 4.39 Å². The van der Waals surface area contributed by atoms with Crippen LogP contribution >= 0.6 is 0 Å². The second kappa shape index (κ2) is 5.12. The number of halogens is 1. The molecule has 0 aliphatic carbocycles. The first-order valence-electron chi connectivity index (χ1n) is 5.95. The third kappa shape index (κ3) is 2.65. The first kappa shape index (κ1) is 12.5. The first-order chi connectivity index (χ1) is 8.11. The van der Waals surface area contributed by atoms with Crippen molar-refractivity contribution in [2.24, 2.45) is 11.8 Å². The zero-order chi connectivity index (χ0) is 12.4. The van der Waals surface area contributed by atoms with Crippen LogP contribution in [0.25, 0.3) is 0 Å². The maximum Gasteiger partial charge on any atom is 0.126 e. The normalized spacial score (nSPS) is 26.1. The number of rotatable bonds is 3. The van der Waals surface area contributed by atoms with Crippen LogP contribution in [0.1, 0.15) is 30.5 Å². The summed E-state index contributed by atoms with van der Waals surface area (Å²) in [6.45, 7) is 4.47. The highest BCUT2D eigenvalue weighted by atomic mass is 19.1. The van der Waals surface area contributed by atoms with Crippen LogP contribution in [0.5, 0.6) is 0 Å². The minimum atomic E-state index is -0.185. The van der Waals surface area contributed by atoms with E-state index in [1.54, 1.807) is 19.1 Å². The number of hydrazine groups is 1. The second-order valence-corrected chi connectivity index (χ2v) is 4.79. The van der Waals surface area contributed by atoms with Crippen LogP contribution in [0, 0.1) is 18.7 Å². The van der Waals surface area contributed by atoms with Crippen molar-refractivity contribution in [2.45, 2.75) is 32.4 Å². The molecule has 0 radical (unpaired) electrons.